The Morgan fingerprint density at radius 1 is 1.19 bits per heavy atom. The third kappa shape index (κ3) is 3.57. The molecule has 0 atom stereocenters. The maximum Gasteiger partial charge on any atom is 0.251 e. The number of fused-ring (bicyclic) bond motifs is 1. The average molecular weight is 373 g/mol. The van der Waals surface area contributed by atoms with Crippen molar-refractivity contribution in [2.75, 3.05) is 6.54 Å². The standard InChI is InChI=1S/C19H20N4O2.ClH/c20-19(9-3-10-19)18-22-16(25-23-18)8-11-21-17(24)15-7-6-13-4-1-2-5-14(13)12-15;/h1-2,4-7,12H,3,8-11,20H2,(H,21,24);1H. The second-order valence-electron chi connectivity index (χ2n) is 6.59. The molecule has 1 aliphatic rings. The highest BCUT2D eigenvalue weighted by Gasteiger charge is 2.38. The van der Waals surface area contributed by atoms with Crippen molar-refractivity contribution in [2.45, 2.75) is 31.2 Å². The summed E-state index contributed by atoms with van der Waals surface area (Å²) in [5, 5.41) is 9.03. The van der Waals surface area contributed by atoms with Crippen LogP contribution in [-0.2, 0) is 12.0 Å². The van der Waals surface area contributed by atoms with Crippen molar-refractivity contribution >= 4 is 29.1 Å². The fourth-order valence-corrected chi connectivity index (χ4v) is 3.06. The number of benzene rings is 2. The molecule has 4 rings (SSSR count). The lowest BCUT2D eigenvalue weighted by Crippen LogP contribution is -2.44. The molecule has 6 nitrogen and oxygen atoms in total. The van der Waals surface area contributed by atoms with Gasteiger partial charge in [-0.05, 0) is 42.2 Å². The minimum absolute atomic E-state index is 0. The zero-order chi connectivity index (χ0) is 17.3. The van der Waals surface area contributed by atoms with E-state index >= 15 is 0 Å². The average Bonchev–Trinajstić information content (AvgIpc) is 3.08. The molecule has 3 N–H and O–H groups in total. The molecular formula is C19H21ClN4O2. The van der Waals surface area contributed by atoms with Gasteiger partial charge in [-0.3, -0.25) is 4.79 Å². The number of carbonyl (C=O) groups excluding carboxylic acids is 1. The van der Waals surface area contributed by atoms with Crippen LogP contribution in [0, 0.1) is 0 Å². The van der Waals surface area contributed by atoms with Gasteiger partial charge in [0.2, 0.25) is 5.89 Å². The summed E-state index contributed by atoms with van der Waals surface area (Å²) in [5.41, 5.74) is 6.40. The summed E-state index contributed by atoms with van der Waals surface area (Å²) in [7, 11) is 0. The van der Waals surface area contributed by atoms with E-state index in [1.54, 1.807) is 0 Å². The van der Waals surface area contributed by atoms with Gasteiger partial charge in [-0.15, -0.1) is 12.4 Å². The lowest BCUT2D eigenvalue weighted by molar-refractivity contribution is 0.0953. The second-order valence-corrected chi connectivity index (χ2v) is 6.59. The van der Waals surface area contributed by atoms with Gasteiger partial charge in [0.05, 0.1) is 5.54 Å². The highest BCUT2D eigenvalue weighted by molar-refractivity contribution is 5.98. The summed E-state index contributed by atoms with van der Waals surface area (Å²) in [4.78, 5) is 16.7. The molecule has 1 fully saturated rings. The number of nitrogens with one attached hydrogen (secondary N) is 1. The van der Waals surface area contributed by atoms with E-state index in [0.29, 0.717) is 30.2 Å². The van der Waals surface area contributed by atoms with E-state index in [2.05, 4.69) is 15.5 Å². The van der Waals surface area contributed by atoms with Crippen LogP contribution in [0.5, 0.6) is 0 Å². The topological polar surface area (TPSA) is 94.0 Å². The van der Waals surface area contributed by atoms with Gasteiger partial charge in [0, 0.05) is 18.5 Å². The van der Waals surface area contributed by atoms with Gasteiger partial charge in [-0.1, -0.05) is 35.5 Å². The molecule has 136 valence electrons. The maximum atomic E-state index is 12.3. The molecule has 1 aliphatic carbocycles. The highest BCUT2D eigenvalue weighted by Crippen LogP contribution is 2.36. The summed E-state index contributed by atoms with van der Waals surface area (Å²) in [6.07, 6.45) is 3.37. The van der Waals surface area contributed by atoms with Crippen LogP contribution in [0.25, 0.3) is 10.8 Å². The van der Waals surface area contributed by atoms with Crippen molar-refractivity contribution in [3.8, 4) is 0 Å². The summed E-state index contributed by atoms with van der Waals surface area (Å²) in [6.45, 7) is 0.435. The van der Waals surface area contributed by atoms with Gasteiger partial charge in [0.25, 0.3) is 5.91 Å². The first-order chi connectivity index (χ1) is 12.1. The molecule has 0 bridgehead atoms. The number of carbonyl (C=O) groups is 1. The molecular weight excluding hydrogens is 352 g/mol. The molecule has 3 aromatic rings. The van der Waals surface area contributed by atoms with Gasteiger partial charge in [0.15, 0.2) is 5.82 Å². The van der Waals surface area contributed by atoms with Crippen molar-refractivity contribution in [2.24, 2.45) is 5.73 Å². The molecule has 0 spiro atoms. The van der Waals surface area contributed by atoms with Crippen molar-refractivity contribution in [3.63, 3.8) is 0 Å². The number of hydrogen-bond acceptors (Lipinski definition) is 5. The lowest BCUT2D eigenvalue weighted by atomic mass is 9.77. The number of hydrogen-bond donors (Lipinski definition) is 2. The van der Waals surface area contributed by atoms with Gasteiger partial charge < -0.3 is 15.6 Å². The predicted molar refractivity (Wildman–Crippen MR) is 101 cm³/mol. The monoisotopic (exact) mass is 372 g/mol. The normalized spacial score (nSPS) is 15.1. The third-order valence-electron chi connectivity index (χ3n) is 4.80. The summed E-state index contributed by atoms with van der Waals surface area (Å²) >= 11 is 0. The van der Waals surface area contributed by atoms with Crippen molar-refractivity contribution in [3.05, 3.63) is 59.7 Å². The van der Waals surface area contributed by atoms with Gasteiger partial charge in [-0.2, -0.15) is 4.98 Å². The van der Waals surface area contributed by atoms with Gasteiger partial charge in [-0.25, -0.2) is 0 Å². The molecule has 2 aromatic carbocycles. The molecule has 0 unspecified atom stereocenters. The molecule has 0 radical (unpaired) electrons. The molecule has 0 saturated heterocycles. The maximum absolute atomic E-state index is 12.3. The Labute approximate surface area is 157 Å². The lowest BCUT2D eigenvalue weighted by Gasteiger charge is -2.34. The van der Waals surface area contributed by atoms with Crippen LogP contribution in [0.2, 0.25) is 0 Å². The van der Waals surface area contributed by atoms with Gasteiger partial charge in [0.1, 0.15) is 0 Å². The van der Waals surface area contributed by atoms with Crippen LogP contribution in [0.4, 0.5) is 0 Å². The molecule has 1 amide bonds. The zero-order valence-electron chi connectivity index (χ0n) is 14.3. The SMILES string of the molecule is Cl.NC1(c2noc(CCNC(=O)c3ccc4ccccc4c3)n2)CCC1. The van der Waals surface area contributed by atoms with E-state index < -0.39 is 5.54 Å². The minimum atomic E-state index is -0.421. The molecule has 1 saturated carbocycles. The quantitative estimate of drug-likeness (QED) is 0.718. The Balaban J connectivity index is 0.00000196. The van der Waals surface area contributed by atoms with Crippen molar-refractivity contribution in [1.82, 2.24) is 15.5 Å². The Morgan fingerprint density at radius 3 is 2.69 bits per heavy atom. The molecule has 26 heavy (non-hydrogen) atoms. The molecule has 0 aliphatic heterocycles. The van der Waals surface area contributed by atoms with E-state index in [9.17, 15) is 4.79 Å². The van der Waals surface area contributed by atoms with Crippen molar-refractivity contribution < 1.29 is 9.32 Å². The van der Waals surface area contributed by atoms with E-state index in [1.165, 1.54) is 0 Å². The van der Waals surface area contributed by atoms with Crippen LogP contribution in [-0.4, -0.2) is 22.6 Å². The summed E-state index contributed by atoms with van der Waals surface area (Å²) < 4.78 is 5.24. The number of nitrogens with zero attached hydrogens (tertiary/aromatic N) is 2. The number of rotatable bonds is 5. The third-order valence-corrected chi connectivity index (χ3v) is 4.80. The first-order valence-corrected chi connectivity index (χ1v) is 8.53. The number of nitrogens with two attached hydrogens (primary N) is 1. The first kappa shape index (κ1) is 18.4. The van der Waals surface area contributed by atoms with E-state index in [-0.39, 0.29) is 18.3 Å². The van der Waals surface area contributed by atoms with Crippen LogP contribution in [0.15, 0.2) is 47.0 Å². The van der Waals surface area contributed by atoms with Gasteiger partial charge >= 0.3 is 0 Å². The van der Waals surface area contributed by atoms with E-state index in [1.807, 2.05) is 42.5 Å². The van der Waals surface area contributed by atoms with E-state index in [0.717, 1.165) is 30.0 Å². The zero-order valence-corrected chi connectivity index (χ0v) is 15.1. The second kappa shape index (κ2) is 7.43. The van der Waals surface area contributed by atoms with E-state index in [4.69, 9.17) is 10.3 Å². The van der Waals surface area contributed by atoms with Crippen LogP contribution >= 0.6 is 12.4 Å². The smallest absolute Gasteiger partial charge is 0.251 e. The number of amides is 1. The summed E-state index contributed by atoms with van der Waals surface area (Å²) in [6, 6.07) is 13.6. The minimum Gasteiger partial charge on any atom is -0.352 e. The molecule has 1 aromatic heterocycles. The first-order valence-electron chi connectivity index (χ1n) is 8.53. The predicted octanol–water partition coefficient (Wildman–Crippen LogP) is 2.96. The van der Waals surface area contributed by atoms with Crippen LogP contribution < -0.4 is 11.1 Å². The Morgan fingerprint density at radius 2 is 1.96 bits per heavy atom. The Kier molecular flexibility index (Phi) is 5.25. The number of halogens is 1. The molecule has 7 heteroatoms. The van der Waals surface area contributed by atoms with Crippen LogP contribution in [0.3, 0.4) is 0 Å². The summed E-state index contributed by atoms with van der Waals surface area (Å²) in [5.74, 6) is 0.972. The highest BCUT2D eigenvalue weighted by atomic mass is 35.5. The van der Waals surface area contributed by atoms with Crippen LogP contribution in [0.1, 0.15) is 41.3 Å². The molecule has 1 heterocycles. The van der Waals surface area contributed by atoms with Crippen molar-refractivity contribution in [1.29, 1.82) is 0 Å². The fourth-order valence-electron chi connectivity index (χ4n) is 3.06. The number of aromatic nitrogens is 2. The Bertz CT molecular complexity index is 921. The fraction of sp³-hybridized carbons (Fsp3) is 0.316. The largest absolute Gasteiger partial charge is 0.352 e. The Hall–Kier alpha value is -2.44.